The van der Waals surface area contributed by atoms with E-state index in [2.05, 4.69) is 5.32 Å². The van der Waals surface area contributed by atoms with Crippen LogP contribution in [0.25, 0.3) is 0 Å². The highest BCUT2D eigenvalue weighted by Gasteiger charge is 2.29. The molecule has 0 bridgehead atoms. The van der Waals surface area contributed by atoms with Crippen molar-refractivity contribution in [1.82, 2.24) is 10.2 Å². The monoisotopic (exact) mass is 464 g/mol. The van der Waals surface area contributed by atoms with Crippen molar-refractivity contribution in [2.75, 3.05) is 7.11 Å². The maximum Gasteiger partial charge on any atom is 0.243 e. The summed E-state index contributed by atoms with van der Waals surface area (Å²) in [4.78, 5) is 27.9. The van der Waals surface area contributed by atoms with Crippen molar-refractivity contribution in [2.45, 2.75) is 58.7 Å². The fourth-order valence-corrected chi connectivity index (χ4v) is 3.54. The van der Waals surface area contributed by atoms with Crippen LogP contribution in [-0.2, 0) is 22.6 Å². The molecule has 0 saturated carbocycles. The molecule has 2 aromatic carbocycles. The lowest BCUT2D eigenvalue weighted by molar-refractivity contribution is -0.141. The summed E-state index contributed by atoms with van der Waals surface area (Å²) in [7, 11) is 1.60. The lowest BCUT2D eigenvalue weighted by atomic mass is 10.1. The zero-order chi connectivity index (χ0) is 23.0. The van der Waals surface area contributed by atoms with Crippen molar-refractivity contribution < 1.29 is 14.3 Å². The zero-order valence-corrected chi connectivity index (χ0v) is 20.0. The summed E-state index contributed by atoms with van der Waals surface area (Å²) in [6, 6.07) is 12.0. The third-order valence-corrected chi connectivity index (χ3v) is 5.98. The van der Waals surface area contributed by atoms with E-state index in [1.165, 1.54) is 0 Å². The number of hydrogen-bond acceptors (Lipinski definition) is 3. The van der Waals surface area contributed by atoms with Gasteiger partial charge in [0.05, 0.1) is 23.6 Å². The molecule has 0 aliphatic rings. The molecule has 5 nitrogen and oxygen atoms in total. The van der Waals surface area contributed by atoms with E-state index >= 15 is 0 Å². The van der Waals surface area contributed by atoms with Gasteiger partial charge in [0, 0.05) is 12.6 Å². The van der Waals surface area contributed by atoms with Crippen molar-refractivity contribution in [2.24, 2.45) is 0 Å². The van der Waals surface area contributed by atoms with Gasteiger partial charge >= 0.3 is 0 Å². The lowest BCUT2D eigenvalue weighted by Crippen LogP contribution is -2.51. The Kier molecular flexibility index (Phi) is 9.66. The summed E-state index contributed by atoms with van der Waals surface area (Å²) < 4.78 is 5.18. The fraction of sp³-hybridized carbons (Fsp3) is 0.417. The van der Waals surface area contributed by atoms with Crippen LogP contribution < -0.4 is 10.1 Å². The summed E-state index contributed by atoms with van der Waals surface area (Å²) in [5, 5.41) is 3.87. The first kappa shape index (κ1) is 25.0. The van der Waals surface area contributed by atoms with Crippen LogP contribution in [0.15, 0.2) is 42.5 Å². The van der Waals surface area contributed by atoms with Crippen LogP contribution in [0.4, 0.5) is 0 Å². The van der Waals surface area contributed by atoms with E-state index in [1.54, 1.807) is 24.1 Å². The number of nitrogens with one attached hydrogen (secondary N) is 1. The average Bonchev–Trinajstić information content (AvgIpc) is 2.76. The molecule has 31 heavy (non-hydrogen) atoms. The van der Waals surface area contributed by atoms with Gasteiger partial charge in [-0.05, 0) is 55.2 Å². The highest BCUT2D eigenvalue weighted by molar-refractivity contribution is 6.42. The highest BCUT2D eigenvalue weighted by atomic mass is 35.5. The number of hydrogen-bond donors (Lipinski definition) is 1. The molecule has 0 aliphatic carbocycles. The van der Waals surface area contributed by atoms with Gasteiger partial charge in [-0.3, -0.25) is 9.59 Å². The summed E-state index contributed by atoms with van der Waals surface area (Å²) in [6.07, 6.45) is 1.49. The molecule has 0 aliphatic heterocycles. The maximum atomic E-state index is 13.3. The largest absolute Gasteiger partial charge is 0.497 e. The van der Waals surface area contributed by atoms with Gasteiger partial charge in [-0.25, -0.2) is 0 Å². The molecule has 0 heterocycles. The second kappa shape index (κ2) is 12.0. The summed E-state index contributed by atoms with van der Waals surface area (Å²) in [6.45, 7) is 6.13. The zero-order valence-electron chi connectivity index (χ0n) is 18.5. The fourth-order valence-electron chi connectivity index (χ4n) is 3.21. The smallest absolute Gasteiger partial charge is 0.243 e. The van der Waals surface area contributed by atoms with Crippen LogP contribution in [0.1, 0.15) is 44.7 Å². The maximum absolute atomic E-state index is 13.3. The van der Waals surface area contributed by atoms with Crippen molar-refractivity contribution in [3.8, 4) is 5.75 Å². The molecule has 0 spiro atoms. The molecule has 7 heteroatoms. The number of carbonyl (C=O) groups excluding carboxylic acids is 2. The molecular weight excluding hydrogens is 435 g/mol. The van der Waals surface area contributed by atoms with Gasteiger partial charge in [0.2, 0.25) is 11.8 Å². The number of nitrogens with zero attached hydrogens (tertiary/aromatic N) is 1. The number of carbonyl (C=O) groups is 2. The van der Waals surface area contributed by atoms with Gasteiger partial charge in [-0.2, -0.15) is 0 Å². The molecular formula is C24H30Cl2N2O3. The first-order valence-corrected chi connectivity index (χ1v) is 11.2. The van der Waals surface area contributed by atoms with E-state index in [9.17, 15) is 9.59 Å². The van der Waals surface area contributed by atoms with E-state index in [-0.39, 0.29) is 30.8 Å². The minimum absolute atomic E-state index is 0.0325. The molecule has 0 aromatic heterocycles. The lowest BCUT2D eigenvalue weighted by Gasteiger charge is -2.31. The SMILES string of the molecule is CCC(C)NC(=O)C(CC)N(Cc1ccc(Cl)c(Cl)c1)C(=O)Cc1ccc(OC)cc1. The minimum atomic E-state index is -0.589. The van der Waals surface area contributed by atoms with Crippen LogP contribution in [-0.4, -0.2) is 35.9 Å². The minimum Gasteiger partial charge on any atom is -0.497 e. The van der Waals surface area contributed by atoms with Crippen molar-refractivity contribution in [1.29, 1.82) is 0 Å². The van der Waals surface area contributed by atoms with Crippen LogP contribution in [0.5, 0.6) is 5.75 Å². The van der Waals surface area contributed by atoms with Gasteiger partial charge in [0.15, 0.2) is 0 Å². The summed E-state index contributed by atoms with van der Waals surface area (Å²) in [5.41, 5.74) is 1.66. The molecule has 2 unspecified atom stereocenters. The van der Waals surface area contributed by atoms with E-state index in [4.69, 9.17) is 27.9 Å². The molecule has 0 saturated heterocycles. The Balaban J connectivity index is 2.30. The number of benzene rings is 2. The van der Waals surface area contributed by atoms with Crippen molar-refractivity contribution in [3.63, 3.8) is 0 Å². The predicted molar refractivity (Wildman–Crippen MR) is 126 cm³/mol. The average molecular weight is 465 g/mol. The van der Waals surface area contributed by atoms with Crippen LogP contribution in [0.3, 0.4) is 0 Å². The Morgan fingerprint density at radius 2 is 1.65 bits per heavy atom. The molecule has 2 rings (SSSR count). The predicted octanol–water partition coefficient (Wildman–Crippen LogP) is 5.27. The van der Waals surface area contributed by atoms with E-state index in [0.29, 0.717) is 16.5 Å². The van der Waals surface area contributed by atoms with Gasteiger partial charge in [0.25, 0.3) is 0 Å². The first-order valence-electron chi connectivity index (χ1n) is 10.5. The summed E-state index contributed by atoms with van der Waals surface area (Å²) in [5.74, 6) is 0.436. The second-order valence-corrected chi connectivity index (χ2v) is 8.35. The van der Waals surface area contributed by atoms with Gasteiger partial charge < -0.3 is 15.0 Å². The molecule has 1 N–H and O–H groups in total. The van der Waals surface area contributed by atoms with Gasteiger partial charge in [-0.1, -0.05) is 55.2 Å². The van der Waals surface area contributed by atoms with Crippen LogP contribution >= 0.6 is 23.2 Å². The molecule has 0 radical (unpaired) electrons. The summed E-state index contributed by atoms with van der Waals surface area (Å²) >= 11 is 12.2. The van der Waals surface area contributed by atoms with Crippen molar-refractivity contribution >= 4 is 35.0 Å². The Hall–Kier alpha value is -2.24. The molecule has 0 fully saturated rings. The molecule has 168 valence electrons. The van der Waals surface area contributed by atoms with E-state index in [0.717, 1.165) is 23.3 Å². The van der Waals surface area contributed by atoms with Gasteiger partial charge in [-0.15, -0.1) is 0 Å². The van der Waals surface area contributed by atoms with E-state index < -0.39 is 6.04 Å². The standard InChI is InChI=1S/C24H30Cl2N2O3/c1-5-16(3)27-24(30)22(6-2)28(15-18-9-12-20(25)21(26)13-18)23(29)14-17-7-10-19(31-4)11-8-17/h7-13,16,22H,5-6,14-15H2,1-4H3,(H,27,30). The quantitative estimate of drug-likeness (QED) is 0.520. The second-order valence-electron chi connectivity index (χ2n) is 7.54. The third-order valence-electron chi connectivity index (χ3n) is 5.24. The number of amides is 2. The number of ether oxygens (including phenoxy) is 1. The van der Waals surface area contributed by atoms with Gasteiger partial charge in [0.1, 0.15) is 11.8 Å². The third kappa shape index (κ3) is 7.15. The first-order chi connectivity index (χ1) is 14.8. The highest BCUT2D eigenvalue weighted by Crippen LogP contribution is 2.24. The number of rotatable bonds is 10. The topological polar surface area (TPSA) is 58.6 Å². The molecule has 2 aromatic rings. The Labute approximate surface area is 194 Å². The normalized spacial score (nSPS) is 12.7. The van der Waals surface area contributed by atoms with Crippen LogP contribution in [0, 0.1) is 0 Å². The molecule has 2 atom stereocenters. The van der Waals surface area contributed by atoms with Crippen molar-refractivity contribution in [3.05, 3.63) is 63.6 Å². The molecule has 2 amide bonds. The Morgan fingerprint density at radius 3 is 2.19 bits per heavy atom. The van der Waals surface area contributed by atoms with E-state index in [1.807, 2.05) is 51.1 Å². The Bertz CT molecular complexity index is 887. The number of halogens is 2. The Morgan fingerprint density at radius 1 is 1.00 bits per heavy atom. The van der Waals surface area contributed by atoms with Crippen LogP contribution in [0.2, 0.25) is 10.0 Å². The number of methoxy groups -OCH3 is 1.